The van der Waals surface area contributed by atoms with E-state index in [4.69, 9.17) is 4.74 Å². The Bertz CT molecular complexity index is 1340. The summed E-state index contributed by atoms with van der Waals surface area (Å²) in [6, 6.07) is 0. The standard InChI is InChI=1S/C24H28N4O4S2/c1-4-32-24(31)20-15-8-6-13(3)10-17(15)33-21(20)25-18(29)11-28-23(30)19-14-7-5-12(2)9-16(14)34-22(19)26-27-28/h12-13H,4-11H2,1-3H3,(H,25,29)/t12-,13-/m0/s1. The summed E-state index contributed by atoms with van der Waals surface area (Å²) in [5, 5.41) is 12.2. The largest absolute Gasteiger partial charge is 0.462 e. The molecule has 10 heteroatoms. The molecule has 34 heavy (non-hydrogen) atoms. The van der Waals surface area contributed by atoms with Crippen molar-refractivity contribution in [2.45, 2.75) is 65.8 Å². The predicted octanol–water partition coefficient (Wildman–Crippen LogP) is 3.98. The molecule has 0 aromatic carbocycles. The van der Waals surface area contributed by atoms with Crippen LogP contribution in [0.2, 0.25) is 0 Å². The summed E-state index contributed by atoms with van der Waals surface area (Å²) in [5.41, 5.74) is 2.22. The number of thiophene rings is 2. The molecule has 0 spiro atoms. The van der Waals surface area contributed by atoms with Crippen LogP contribution in [0.25, 0.3) is 10.2 Å². The van der Waals surface area contributed by atoms with E-state index in [1.807, 2.05) is 0 Å². The fourth-order valence-electron chi connectivity index (χ4n) is 4.96. The highest BCUT2D eigenvalue weighted by Crippen LogP contribution is 2.40. The van der Waals surface area contributed by atoms with E-state index in [0.29, 0.717) is 32.6 Å². The van der Waals surface area contributed by atoms with Crippen LogP contribution in [-0.2, 0) is 41.8 Å². The molecule has 0 unspecified atom stereocenters. The first-order valence-corrected chi connectivity index (χ1v) is 13.5. The van der Waals surface area contributed by atoms with Crippen LogP contribution in [0.1, 0.15) is 64.9 Å². The van der Waals surface area contributed by atoms with Crippen molar-refractivity contribution < 1.29 is 14.3 Å². The fraction of sp³-hybridized carbons (Fsp3) is 0.542. The van der Waals surface area contributed by atoms with Gasteiger partial charge in [0.05, 0.1) is 17.6 Å². The zero-order valence-corrected chi connectivity index (χ0v) is 21.2. The van der Waals surface area contributed by atoms with Crippen LogP contribution in [0.5, 0.6) is 0 Å². The molecule has 2 aliphatic rings. The molecular weight excluding hydrogens is 472 g/mol. The number of hydrogen-bond acceptors (Lipinski definition) is 8. The number of nitrogens with zero attached hydrogens (tertiary/aromatic N) is 3. The normalized spacial score (nSPS) is 19.5. The molecule has 0 bridgehead atoms. The highest BCUT2D eigenvalue weighted by Gasteiger charge is 2.29. The van der Waals surface area contributed by atoms with Crippen LogP contribution in [0, 0.1) is 11.8 Å². The van der Waals surface area contributed by atoms with Crippen LogP contribution in [-0.4, -0.2) is 33.5 Å². The van der Waals surface area contributed by atoms with E-state index >= 15 is 0 Å². The first-order chi connectivity index (χ1) is 16.4. The lowest BCUT2D eigenvalue weighted by Crippen LogP contribution is -2.31. The summed E-state index contributed by atoms with van der Waals surface area (Å²) in [6.07, 6.45) is 5.52. The van der Waals surface area contributed by atoms with Gasteiger partial charge in [-0.25, -0.2) is 9.48 Å². The van der Waals surface area contributed by atoms with Crippen LogP contribution in [0.3, 0.4) is 0 Å². The van der Waals surface area contributed by atoms with E-state index in [9.17, 15) is 14.4 Å². The zero-order valence-electron chi connectivity index (χ0n) is 19.6. The lowest BCUT2D eigenvalue weighted by Gasteiger charge is -2.18. The van der Waals surface area contributed by atoms with Gasteiger partial charge in [0.1, 0.15) is 11.5 Å². The number of nitrogens with one attached hydrogen (secondary N) is 1. The number of aryl methyl sites for hydroxylation is 1. The quantitative estimate of drug-likeness (QED) is 0.532. The summed E-state index contributed by atoms with van der Waals surface area (Å²) >= 11 is 2.97. The van der Waals surface area contributed by atoms with Gasteiger partial charge in [0, 0.05) is 9.75 Å². The van der Waals surface area contributed by atoms with E-state index in [0.717, 1.165) is 59.2 Å². The Morgan fingerprint density at radius 3 is 2.47 bits per heavy atom. The lowest BCUT2D eigenvalue weighted by atomic mass is 9.88. The third kappa shape index (κ3) is 4.17. The van der Waals surface area contributed by atoms with Crippen LogP contribution in [0.4, 0.5) is 5.00 Å². The second kappa shape index (κ2) is 9.22. The van der Waals surface area contributed by atoms with Gasteiger partial charge in [-0.3, -0.25) is 9.59 Å². The molecule has 0 radical (unpaired) electrons. The van der Waals surface area contributed by atoms with Crippen molar-refractivity contribution in [1.29, 1.82) is 0 Å². The van der Waals surface area contributed by atoms with Crippen LogP contribution in [0.15, 0.2) is 4.79 Å². The van der Waals surface area contributed by atoms with Gasteiger partial charge < -0.3 is 10.1 Å². The molecule has 0 saturated heterocycles. The summed E-state index contributed by atoms with van der Waals surface area (Å²) in [5.74, 6) is 0.299. The SMILES string of the molecule is CCOC(=O)c1c(NC(=O)Cn2nnc3sc4c(c3c2=O)CC[C@H](C)C4)sc2c1CC[C@H](C)C2. The molecule has 2 aliphatic carbocycles. The van der Waals surface area contributed by atoms with E-state index in [2.05, 4.69) is 29.5 Å². The van der Waals surface area contributed by atoms with Gasteiger partial charge in [0.25, 0.3) is 5.56 Å². The Kier molecular flexibility index (Phi) is 6.28. The molecule has 0 aliphatic heterocycles. The number of hydrogen-bond donors (Lipinski definition) is 1. The van der Waals surface area contributed by atoms with Crippen LogP contribution >= 0.6 is 22.7 Å². The summed E-state index contributed by atoms with van der Waals surface area (Å²) in [7, 11) is 0. The predicted molar refractivity (Wildman–Crippen MR) is 133 cm³/mol. The van der Waals surface area contributed by atoms with E-state index < -0.39 is 11.9 Å². The average Bonchev–Trinajstić information content (AvgIpc) is 3.32. The topological polar surface area (TPSA) is 103 Å². The minimum Gasteiger partial charge on any atom is -0.462 e. The van der Waals surface area contributed by atoms with Crippen molar-refractivity contribution in [2.75, 3.05) is 11.9 Å². The number of rotatable bonds is 5. The van der Waals surface area contributed by atoms with E-state index in [-0.39, 0.29) is 18.7 Å². The Labute approximate surface area is 205 Å². The molecule has 0 fully saturated rings. The molecule has 180 valence electrons. The Balaban J connectivity index is 1.42. The maximum Gasteiger partial charge on any atom is 0.341 e. The Hall–Kier alpha value is -2.59. The second-order valence-electron chi connectivity index (χ2n) is 9.41. The number of amides is 1. The first-order valence-electron chi connectivity index (χ1n) is 11.8. The zero-order chi connectivity index (χ0) is 24.0. The molecule has 5 rings (SSSR count). The number of esters is 1. The molecule has 1 N–H and O–H groups in total. The second-order valence-corrected chi connectivity index (χ2v) is 11.6. The van der Waals surface area contributed by atoms with Gasteiger partial charge in [-0.1, -0.05) is 19.1 Å². The summed E-state index contributed by atoms with van der Waals surface area (Å²) < 4.78 is 6.41. The monoisotopic (exact) mass is 500 g/mol. The van der Waals surface area contributed by atoms with Crippen molar-refractivity contribution in [3.63, 3.8) is 0 Å². The van der Waals surface area contributed by atoms with Crippen molar-refractivity contribution >= 4 is 49.8 Å². The molecule has 3 heterocycles. The summed E-state index contributed by atoms with van der Waals surface area (Å²) in [6.45, 7) is 6.18. The summed E-state index contributed by atoms with van der Waals surface area (Å²) in [4.78, 5) is 41.8. The average molecular weight is 501 g/mol. The lowest BCUT2D eigenvalue weighted by molar-refractivity contribution is -0.117. The number of fused-ring (bicyclic) bond motifs is 4. The molecular formula is C24H28N4O4S2. The molecule has 3 aromatic heterocycles. The minimum atomic E-state index is -0.414. The molecule has 8 nitrogen and oxygen atoms in total. The van der Waals surface area contributed by atoms with Gasteiger partial charge in [0.15, 0.2) is 4.83 Å². The van der Waals surface area contributed by atoms with Gasteiger partial charge in [-0.15, -0.1) is 27.8 Å². The maximum absolute atomic E-state index is 13.2. The third-order valence-electron chi connectivity index (χ3n) is 6.72. The third-order valence-corrected chi connectivity index (χ3v) is 9.03. The minimum absolute atomic E-state index is 0.260. The first kappa shape index (κ1) is 23.2. The molecule has 1 amide bonds. The number of anilines is 1. The van der Waals surface area contributed by atoms with Crippen molar-refractivity contribution in [3.05, 3.63) is 36.8 Å². The molecule has 2 atom stereocenters. The van der Waals surface area contributed by atoms with E-state index in [1.165, 1.54) is 27.6 Å². The highest BCUT2D eigenvalue weighted by atomic mass is 32.1. The maximum atomic E-state index is 13.2. The van der Waals surface area contributed by atoms with Crippen molar-refractivity contribution in [3.8, 4) is 0 Å². The number of carbonyl (C=O) groups is 2. The smallest absolute Gasteiger partial charge is 0.341 e. The van der Waals surface area contributed by atoms with Crippen molar-refractivity contribution in [1.82, 2.24) is 15.0 Å². The van der Waals surface area contributed by atoms with Crippen LogP contribution < -0.4 is 10.9 Å². The van der Waals surface area contributed by atoms with Gasteiger partial charge in [0.2, 0.25) is 5.91 Å². The molecule has 3 aromatic rings. The van der Waals surface area contributed by atoms with Gasteiger partial charge in [-0.2, -0.15) is 0 Å². The van der Waals surface area contributed by atoms with Gasteiger partial charge in [-0.05, 0) is 68.4 Å². The Morgan fingerprint density at radius 1 is 1.09 bits per heavy atom. The fourth-order valence-corrected chi connectivity index (χ4v) is 7.69. The van der Waals surface area contributed by atoms with Crippen molar-refractivity contribution in [2.24, 2.45) is 11.8 Å². The number of carbonyl (C=O) groups excluding carboxylic acids is 2. The number of aromatic nitrogens is 3. The van der Waals surface area contributed by atoms with E-state index in [1.54, 1.807) is 6.92 Å². The van der Waals surface area contributed by atoms with Gasteiger partial charge >= 0.3 is 5.97 Å². The Morgan fingerprint density at radius 2 is 1.76 bits per heavy atom. The highest BCUT2D eigenvalue weighted by molar-refractivity contribution is 7.18. The molecule has 0 saturated carbocycles. The number of ether oxygens (including phenoxy) is 1.